The van der Waals surface area contributed by atoms with E-state index in [9.17, 15) is 0 Å². The van der Waals surface area contributed by atoms with Crippen LogP contribution >= 0.6 is 0 Å². The third kappa shape index (κ3) is 9.19. The Balaban J connectivity index is 0.000000170. The van der Waals surface area contributed by atoms with Crippen molar-refractivity contribution in [3.05, 3.63) is 35.9 Å². The maximum absolute atomic E-state index is 5.23. The summed E-state index contributed by atoms with van der Waals surface area (Å²) in [5.74, 6) is 0. The van der Waals surface area contributed by atoms with E-state index in [0.29, 0.717) is 12.2 Å². The molecule has 2 aliphatic rings. The van der Waals surface area contributed by atoms with Gasteiger partial charge in [0.2, 0.25) is 0 Å². The zero-order chi connectivity index (χ0) is 15.5. The standard InChI is InChI=1S/C13H20.C6H10O3/c1-2-3-4-5-7-10-13-11-8-6-9-12-13;1(5-3-8-5)7-2-6-4-9-6/h6,8-9,11-12H,2-5,7,10H2,1H3;5-6H,1-4H2. The van der Waals surface area contributed by atoms with Gasteiger partial charge in [-0.3, -0.25) is 0 Å². The highest BCUT2D eigenvalue weighted by Gasteiger charge is 2.26. The molecule has 1 aromatic rings. The molecule has 2 heterocycles. The van der Waals surface area contributed by atoms with Crippen molar-refractivity contribution in [1.29, 1.82) is 0 Å². The number of epoxide rings is 2. The maximum atomic E-state index is 5.23. The van der Waals surface area contributed by atoms with Gasteiger partial charge < -0.3 is 14.2 Å². The van der Waals surface area contributed by atoms with Crippen molar-refractivity contribution < 1.29 is 14.2 Å². The Kier molecular flexibility index (Phi) is 8.54. The van der Waals surface area contributed by atoms with Crippen LogP contribution in [-0.4, -0.2) is 38.6 Å². The lowest BCUT2D eigenvalue weighted by atomic mass is 10.1. The van der Waals surface area contributed by atoms with Gasteiger partial charge in [0.05, 0.1) is 26.4 Å². The van der Waals surface area contributed by atoms with Gasteiger partial charge in [0.25, 0.3) is 0 Å². The van der Waals surface area contributed by atoms with Crippen molar-refractivity contribution in [2.75, 3.05) is 26.4 Å². The van der Waals surface area contributed by atoms with E-state index in [1.54, 1.807) is 0 Å². The topological polar surface area (TPSA) is 34.3 Å². The number of unbranched alkanes of at least 4 members (excludes halogenated alkanes) is 4. The van der Waals surface area contributed by atoms with Crippen molar-refractivity contribution >= 4 is 0 Å². The lowest BCUT2D eigenvalue weighted by molar-refractivity contribution is 0.102. The minimum Gasteiger partial charge on any atom is -0.376 e. The Morgan fingerprint density at radius 2 is 1.50 bits per heavy atom. The van der Waals surface area contributed by atoms with Crippen LogP contribution in [0.5, 0.6) is 0 Å². The van der Waals surface area contributed by atoms with E-state index in [0.717, 1.165) is 26.4 Å². The van der Waals surface area contributed by atoms with Crippen LogP contribution in [0.25, 0.3) is 0 Å². The summed E-state index contributed by atoms with van der Waals surface area (Å²) >= 11 is 0. The lowest BCUT2D eigenvalue weighted by Gasteiger charge is -2.00. The van der Waals surface area contributed by atoms with Gasteiger partial charge in [-0.25, -0.2) is 0 Å². The van der Waals surface area contributed by atoms with E-state index in [2.05, 4.69) is 37.3 Å². The fourth-order valence-corrected chi connectivity index (χ4v) is 2.24. The largest absolute Gasteiger partial charge is 0.376 e. The highest BCUT2D eigenvalue weighted by molar-refractivity contribution is 5.14. The van der Waals surface area contributed by atoms with Gasteiger partial charge in [-0.2, -0.15) is 0 Å². The number of hydrogen-bond acceptors (Lipinski definition) is 3. The second-order valence-corrected chi connectivity index (χ2v) is 6.10. The van der Waals surface area contributed by atoms with Crippen LogP contribution in [0.3, 0.4) is 0 Å². The first-order valence-electron chi connectivity index (χ1n) is 8.73. The van der Waals surface area contributed by atoms with Gasteiger partial charge in [-0.05, 0) is 18.4 Å². The molecule has 3 heteroatoms. The third-order valence-electron chi connectivity index (χ3n) is 3.82. The number of rotatable bonds is 10. The van der Waals surface area contributed by atoms with Crippen LogP contribution in [0.2, 0.25) is 0 Å². The fourth-order valence-electron chi connectivity index (χ4n) is 2.24. The van der Waals surface area contributed by atoms with Gasteiger partial charge in [0.1, 0.15) is 12.2 Å². The number of benzene rings is 1. The number of hydrogen-bond donors (Lipinski definition) is 0. The van der Waals surface area contributed by atoms with Gasteiger partial charge >= 0.3 is 0 Å². The van der Waals surface area contributed by atoms with E-state index >= 15 is 0 Å². The first kappa shape index (κ1) is 17.5. The Hall–Kier alpha value is -0.900. The smallest absolute Gasteiger partial charge is 0.104 e. The van der Waals surface area contributed by atoms with Crippen LogP contribution in [0.1, 0.15) is 44.6 Å². The van der Waals surface area contributed by atoms with Crippen LogP contribution in [-0.2, 0) is 20.6 Å². The zero-order valence-corrected chi connectivity index (χ0v) is 13.8. The van der Waals surface area contributed by atoms with Crippen LogP contribution in [0.4, 0.5) is 0 Å². The molecule has 0 bridgehead atoms. The first-order valence-corrected chi connectivity index (χ1v) is 8.73. The Bertz CT molecular complexity index is 360. The number of ether oxygens (including phenoxy) is 3. The van der Waals surface area contributed by atoms with Crippen molar-refractivity contribution in [2.24, 2.45) is 0 Å². The molecule has 2 saturated heterocycles. The Morgan fingerprint density at radius 1 is 0.909 bits per heavy atom. The monoisotopic (exact) mass is 306 g/mol. The van der Waals surface area contributed by atoms with Crippen molar-refractivity contribution in [1.82, 2.24) is 0 Å². The molecule has 0 aliphatic carbocycles. The molecule has 0 aromatic heterocycles. The molecule has 2 atom stereocenters. The molecular weight excluding hydrogens is 276 g/mol. The second kappa shape index (κ2) is 10.8. The Labute approximate surface area is 135 Å². The summed E-state index contributed by atoms with van der Waals surface area (Å²) in [7, 11) is 0. The molecule has 124 valence electrons. The fraction of sp³-hybridized carbons (Fsp3) is 0.684. The highest BCUT2D eigenvalue weighted by atomic mass is 16.6. The van der Waals surface area contributed by atoms with E-state index in [-0.39, 0.29) is 0 Å². The summed E-state index contributed by atoms with van der Waals surface area (Å²) in [4.78, 5) is 0. The van der Waals surface area contributed by atoms with Crippen molar-refractivity contribution in [3.63, 3.8) is 0 Å². The van der Waals surface area contributed by atoms with E-state index in [1.807, 2.05) is 0 Å². The minimum atomic E-state index is 0.392. The molecule has 3 nitrogen and oxygen atoms in total. The molecule has 2 fully saturated rings. The first-order chi connectivity index (χ1) is 10.9. The molecule has 0 radical (unpaired) electrons. The highest BCUT2D eigenvalue weighted by Crippen LogP contribution is 2.12. The maximum Gasteiger partial charge on any atom is 0.104 e. The van der Waals surface area contributed by atoms with E-state index < -0.39 is 0 Å². The van der Waals surface area contributed by atoms with E-state index in [1.165, 1.54) is 44.1 Å². The molecule has 2 aliphatic heterocycles. The van der Waals surface area contributed by atoms with Crippen molar-refractivity contribution in [3.8, 4) is 0 Å². The molecule has 1 aromatic carbocycles. The normalized spacial score (nSPS) is 21.9. The number of aryl methyl sites for hydroxylation is 1. The Morgan fingerprint density at radius 3 is 2.05 bits per heavy atom. The lowest BCUT2D eigenvalue weighted by Crippen LogP contribution is -2.06. The average Bonchev–Trinajstić information content (AvgIpc) is 3.44. The summed E-state index contributed by atoms with van der Waals surface area (Å²) in [5, 5.41) is 0. The SMILES string of the molecule is C(OCC1CO1)C1CO1.CCCCCCCc1ccccc1. The predicted octanol–water partition coefficient (Wildman–Crippen LogP) is 4.00. The molecule has 0 N–H and O–H groups in total. The molecule has 2 unspecified atom stereocenters. The van der Waals surface area contributed by atoms with Gasteiger partial charge in [0.15, 0.2) is 0 Å². The predicted molar refractivity (Wildman–Crippen MR) is 89.2 cm³/mol. The van der Waals surface area contributed by atoms with Gasteiger partial charge in [0, 0.05) is 0 Å². The van der Waals surface area contributed by atoms with Crippen LogP contribution in [0, 0.1) is 0 Å². The van der Waals surface area contributed by atoms with Crippen molar-refractivity contribution in [2.45, 2.75) is 57.7 Å². The van der Waals surface area contributed by atoms with Crippen LogP contribution < -0.4 is 0 Å². The van der Waals surface area contributed by atoms with Crippen LogP contribution in [0.15, 0.2) is 30.3 Å². The average molecular weight is 306 g/mol. The molecule has 22 heavy (non-hydrogen) atoms. The third-order valence-corrected chi connectivity index (χ3v) is 3.82. The van der Waals surface area contributed by atoms with Gasteiger partial charge in [-0.15, -0.1) is 0 Å². The van der Waals surface area contributed by atoms with Gasteiger partial charge in [-0.1, -0.05) is 62.9 Å². The molecule has 3 rings (SSSR count). The molecule has 0 saturated carbocycles. The van der Waals surface area contributed by atoms with E-state index in [4.69, 9.17) is 14.2 Å². The summed E-state index contributed by atoms with van der Waals surface area (Å²) in [6.07, 6.45) is 8.92. The molecular formula is C19H30O3. The summed E-state index contributed by atoms with van der Waals surface area (Å²) < 4.78 is 15.1. The zero-order valence-electron chi connectivity index (χ0n) is 13.8. The summed E-state index contributed by atoms with van der Waals surface area (Å²) in [6, 6.07) is 10.8. The molecule has 0 spiro atoms. The minimum absolute atomic E-state index is 0.392. The summed E-state index contributed by atoms with van der Waals surface area (Å²) in [5.41, 5.74) is 1.49. The molecule has 0 amide bonds. The second-order valence-electron chi connectivity index (χ2n) is 6.10. The quantitative estimate of drug-likeness (QED) is 0.484. The summed E-state index contributed by atoms with van der Waals surface area (Å²) in [6.45, 7) is 5.52.